The van der Waals surface area contributed by atoms with Crippen LogP contribution in [0.15, 0.2) is 57.0 Å². The van der Waals surface area contributed by atoms with Crippen LogP contribution in [-0.2, 0) is 16.1 Å². The first-order valence-corrected chi connectivity index (χ1v) is 10.2. The van der Waals surface area contributed by atoms with Gasteiger partial charge in [-0.2, -0.15) is 0 Å². The number of hydrogen-bond donors (Lipinski definition) is 1. The molecular weight excluding hydrogens is 378 g/mol. The van der Waals surface area contributed by atoms with E-state index in [9.17, 15) is 9.59 Å². The van der Waals surface area contributed by atoms with E-state index < -0.39 is 0 Å². The molecule has 28 heavy (non-hydrogen) atoms. The Balaban J connectivity index is 1.52. The third-order valence-electron chi connectivity index (χ3n) is 4.60. The van der Waals surface area contributed by atoms with Crippen molar-refractivity contribution in [2.45, 2.75) is 30.6 Å². The van der Waals surface area contributed by atoms with Gasteiger partial charge in [-0.1, -0.05) is 23.9 Å². The number of aromatic nitrogens is 2. The van der Waals surface area contributed by atoms with Gasteiger partial charge in [0.05, 0.1) is 35.6 Å². The number of rotatable bonds is 7. The number of nitrogens with one attached hydrogen (secondary N) is 1. The Morgan fingerprint density at radius 3 is 2.96 bits per heavy atom. The summed E-state index contributed by atoms with van der Waals surface area (Å²) < 4.78 is 12.5. The Kier molecular flexibility index (Phi) is 5.78. The van der Waals surface area contributed by atoms with Crippen LogP contribution in [0.4, 0.5) is 0 Å². The lowest BCUT2D eigenvalue weighted by Gasteiger charge is -2.13. The van der Waals surface area contributed by atoms with Gasteiger partial charge in [-0.15, -0.1) is 0 Å². The van der Waals surface area contributed by atoms with Gasteiger partial charge in [-0.05, 0) is 37.1 Å². The first-order valence-electron chi connectivity index (χ1n) is 9.24. The molecule has 0 unspecified atom stereocenters. The molecule has 1 N–H and O–H groups in total. The maximum atomic E-state index is 13.0. The Morgan fingerprint density at radius 1 is 1.29 bits per heavy atom. The number of hydrogen-bond acceptors (Lipinski definition) is 6. The third kappa shape index (κ3) is 4.28. The average molecular weight is 399 g/mol. The number of benzene rings is 1. The molecule has 1 fully saturated rings. The summed E-state index contributed by atoms with van der Waals surface area (Å²) in [5, 5.41) is 3.93. The SMILES string of the molecule is O=C(CSc1nc2ccccc2c(=O)n1Cc1ccco1)NC[C@@H]1CCCO1. The average Bonchev–Trinajstić information content (AvgIpc) is 3.41. The van der Waals surface area contributed by atoms with E-state index in [-0.39, 0.29) is 29.9 Å². The smallest absolute Gasteiger partial charge is 0.262 e. The molecule has 8 heteroatoms. The molecule has 1 amide bonds. The van der Waals surface area contributed by atoms with Gasteiger partial charge in [-0.3, -0.25) is 14.2 Å². The van der Waals surface area contributed by atoms with Crippen LogP contribution in [0.3, 0.4) is 0 Å². The Morgan fingerprint density at radius 2 is 2.18 bits per heavy atom. The standard InChI is InChI=1S/C20H21N3O4S/c24-18(21-11-14-5-3-9-26-14)13-28-20-22-17-8-2-1-7-16(17)19(25)23(20)12-15-6-4-10-27-15/h1-2,4,6-8,10,14H,3,5,9,11-13H2,(H,21,24)/t14-/m0/s1. The van der Waals surface area contributed by atoms with Gasteiger partial charge in [0.2, 0.25) is 5.91 Å². The number of para-hydroxylation sites is 1. The molecule has 146 valence electrons. The van der Waals surface area contributed by atoms with Crippen molar-refractivity contribution in [1.82, 2.24) is 14.9 Å². The van der Waals surface area contributed by atoms with Crippen LogP contribution < -0.4 is 10.9 Å². The number of carbonyl (C=O) groups is 1. The number of carbonyl (C=O) groups excluding carboxylic acids is 1. The van der Waals surface area contributed by atoms with Crippen molar-refractivity contribution in [3.05, 3.63) is 58.8 Å². The topological polar surface area (TPSA) is 86.4 Å². The van der Waals surface area contributed by atoms with Gasteiger partial charge in [0.25, 0.3) is 5.56 Å². The molecule has 1 aromatic carbocycles. The Bertz CT molecular complexity index is 1010. The maximum Gasteiger partial charge on any atom is 0.262 e. The first kappa shape index (κ1) is 18.8. The first-order chi connectivity index (χ1) is 13.7. The van der Waals surface area contributed by atoms with Crippen LogP contribution in [0.25, 0.3) is 10.9 Å². The zero-order valence-corrected chi connectivity index (χ0v) is 16.1. The van der Waals surface area contributed by atoms with Crippen molar-refractivity contribution < 1.29 is 13.9 Å². The largest absolute Gasteiger partial charge is 0.467 e. The molecule has 3 aromatic rings. The van der Waals surface area contributed by atoms with Gasteiger partial charge in [0.1, 0.15) is 5.76 Å². The van der Waals surface area contributed by atoms with Crippen molar-refractivity contribution in [2.24, 2.45) is 0 Å². The minimum absolute atomic E-state index is 0.102. The van der Waals surface area contributed by atoms with Gasteiger partial charge < -0.3 is 14.5 Å². The molecule has 1 aliphatic heterocycles. The van der Waals surface area contributed by atoms with Crippen LogP contribution in [-0.4, -0.2) is 40.5 Å². The predicted octanol–water partition coefficient (Wildman–Crippen LogP) is 2.43. The highest BCUT2D eigenvalue weighted by molar-refractivity contribution is 7.99. The zero-order chi connectivity index (χ0) is 19.3. The lowest BCUT2D eigenvalue weighted by molar-refractivity contribution is -0.119. The van der Waals surface area contributed by atoms with Gasteiger partial charge >= 0.3 is 0 Å². The van der Waals surface area contributed by atoms with E-state index in [1.54, 1.807) is 29.0 Å². The second kappa shape index (κ2) is 8.62. The highest BCUT2D eigenvalue weighted by Gasteiger charge is 2.17. The summed E-state index contributed by atoms with van der Waals surface area (Å²) in [7, 11) is 0. The molecule has 1 saturated heterocycles. The van der Waals surface area contributed by atoms with Crippen molar-refractivity contribution in [2.75, 3.05) is 18.9 Å². The molecule has 2 aromatic heterocycles. The molecule has 3 heterocycles. The second-order valence-corrected chi connectivity index (χ2v) is 7.55. The Hall–Kier alpha value is -2.58. The summed E-state index contributed by atoms with van der Waals surface area (Å²) in [5.41, 5.74) is 0.467. The predicted molar refractivity (Wildman–Crippen MR) is 107 cm³/mol. The minimum atomic E-state index is -0.149. The van der Waals surface area contributed by atoms with Crippen LogP contribution in [0.5, 0.6) is 0 Å². The molecule has 1 atom stereocenters. The summed E-state index contributed by atoms with van der Waals surface area (Å²) in [6.07, 6.45) is 3.68. The second-order valence-electron chi connectivity index (χ2n) is 6.61. The lowest BCUT2D eigenvalue weighted by atomic mass is 10.2. The fourth-order valence-corrected chi connectivity index (χ4v) is 4.00. The molecule has 1 aliphatic rings. The van der Waals surface area contributed by atoms with Crippen LogP contribution in [0.2, 0.25) is 0 Å². The molecule has 0 bridgehead atoms. The highest BCUT2D eigenvalue weighted by Crippen LogP contribution is 2.19. The van der Waals surface area contributed by atoms with Crippen molar-refractivity contribution >= 4 is 28.6 Å². The molecule has 0 saturated carbocycles. The molecule has 0 radical (unpaired) electrons. The van der Waals surface area contributed by atoms with E-state index >= 15 is 0 Å². The third-order valence-corrected chi connectivity index (χ3v) is 5.58. The molecule has 0 aliphatic carbocycles. The van der Waals surface area contributed by atoms with Crippen molar-refractivity contribution in [3.8, 4) is 0 Å². The quantitative estimate of drug-likeness (QED) is 0.485. The van der Waals surface area contributed by atoms with Crippen molar-refractivity contribution in [1.29, 1.82) is 0 Å². The molecule has 0 spiro atoms. The number of amides is 1. The van der Waals surface area contributed by atoms with Crippen molar-refractivity contribution in [3.63, 3.8) is 0 Å². The van der Waals surface area contributed by atoms with E-state index in [2.05, 4.69) is 10.3 Å². The van der Waals surface area contributed by atoms with Gasteiger partial charge in [-0.25, -0.2) is 4.98 Å². The molecule has 4 rings (SSSR count). The monoisotopic (exact) mass is 399 g/mol. The maximum absolute atomic E-state index is 13.0. The van der Waals surface area contributed by atoms with E-state index in [4.69, 9.17) is 9.15 Å². The molecule has 7 nitrogen and oxygen atoms in total. The minimum Gasteiger partial charge on any atom is -0.467 e. The van der Waals surface area contributed by atoms with Gasteiger partial charge in [0, 0.05) is 13.2 Å². The van der Waals surface area contributed by atoms with Gasteiger partial charge in [0.15, 0.2) is 5.16 Å². The fraction of sp³-hybridized carbons (Fsp3) is 0.350. The fourth-order valence-electron chi connectivity index (χ4n) is 3.17. The zero-order valence-electron chi connectivity index (χ0n) is 15.3. The number of fused-ring (bicyclic) bond motifs is 1. The van der Waals surface area contributed by atoms with E-state index in [0.717, 1.165) is 19.4 Å². The summed E-state index contributed by atoms with van der Waals surface area (Å²) in [6.45, 7) is 1.54. The van der Waals surface area contributed by atoms with E-state index in [0.29, 0.717) is 28.4 Å². The van der Waals surface area contributed by atoms with E-state index in [1.165, 1.54) is 11.8 Å². The summed E-state index contributed by atoms with van der Waals surface area (Å²) >= 11 is 1.25. The lowest BCUT2D eigenvalue weighted by Crippen LogP contribution is -2.33. The Labute approximate surface area is 166 Å². The molecular formula is C20H21N3O4S. The summed E-state index contributed by atoms with van der Waals surface area (Å²) in [6, 6.07) is 10.8. The number of furan rings is 1. The number of ether oxygens (including phenoxy) is 1. The van der Waals surface area contributed by atoms with E-state index in [1.807, 2.05) is 18.2 Å². The van der Waals surface area contributed by atoms with Crippen LogP contribution in [0, 0.1) is 0 Å². The highest BCUT2D eigenvalue weighted by atomic mass is 32.2. The summed E-state index contributed by atoms with van der Waals surface area (Å²) in [5.74, 6) is 0.728. The van der Waals surface area contributed by atoms with Crippen LogP contribution >= 0.6 is 11.8 Å². The normalized spacial score (nSPS) is 16.5. The number of thioether (sulfide) groups is 1. The number of nitrogens with zero attached hydrogens (tertiary/aromatic N) is 2. The van der Waals surface area contributed by atoms with Crippen LogP contribution in [0.1, 0.15) is 18.6 Å². The summed E-state index contributed by atoms with van der Waals surface area (Å²) in [4.78, 5) is 29.8.